The molecular formula is C16H22N4O2S. The highest BCUT2D eigenvalue weighted by Crippen LogP contribution is 2.32. The van der Waals surface area contributed by atoms with E-state index in [-0.39, 0.29) is 18.4 Å². The second kappa shape index (κ2) is 7.79. The molecule has 3 rings (SSSR count). The Bertz CT molecular complexity index is 575. The number of carbonyl (C=O) groups excluding carboxylic acids is 2. The van der Waals surface area contributed by atoms with Crippen LogP contribution < -0.4 is 10.2 Å². The molecule has 23 heavy (non-hydrogen) atoms. The number of likely N-dealkylation sites (tertiary alicyclic amines) is 1. The molecule has 1 fully saturated rings. The van der Waals surface area contributed by atoms with Gasteiger partial charge in [0.15, 0.2) is 0 Å². The number of hydrogen-bond donors (Lipinski definition) is 1. The maximum Gasteiger partial charge on any atom is 0.240 e. The van der Waals surface area contributed by atoms with Gasteiger partial charge in [0.25, 0.3) is 0 Å². The highest BCUT2D eigenvalue weighted by atomic mass is 32.2. The van der Waals surface area contributed by atoms with E-state index in [1.165, 1.54) is 42.6 Å². The van der Waals surface area contributed by atoms with Crippen LogP contribution in [0.15, 0.2) is 23.4 Å². The van der Waals surface area contributed by atoms with Crippen molar-refractivity contribution < 1.29 is 9.59 Å². The number of hydrogen-bond acceptors (Lipinski definition) is 5. The molecule has 2 aliphatic rings. The standard InChI is InChI=1S/C16H22N4O2S/c21-14(17-7-4-10-19-8-1-2-9-19)11-20-13-5-3-6-18-16(13)23-12-15(20)22/h3,5-6H,1-2,4,7-12H2,(H,17,21). The fourth-order valence-corrected chi connectivity index (χ4v) is 3.83. The average Bonchev–Trinajstić information content (AvgIpc) is 3.08. The summed E-state index contributed by atoms with van der Waals surface area (Å²) in [7, 11) is 0. The molecule has 0 radical (unpaired) electrons. The van der Waals surface area contributed by atoms with Gasteiger partial charge in [-0.15, -0.1) is 0 Å². The molecule has 1 aromatic rings. The zero-order valence-electron chi connectivity index (χ0n) is 13.2. The van der Waals surface area contributed by atoms with E-state index in [9.17, 15) is 9.59 Å². The molecule has 2 aliphatic heterocycles. The molecular weight excluding hydrogens is 312 g/mol. The normalized spacial score (nSPS) is 18.1. The fraction of sp³-hybridized carbons (Fsp3) is 0.562. The van der Waals surface area contributed by atoms with Gasteiger partial charge in [-0.2, -0.15) is 0 Å². The lowest BCUT2D eigenvalue weighted by atomic mass is 10.3. The first-order chi connectivity index (χ1) is 11.2. The SMILES string of the molecule is O=C(CN1C(=O)CSc2ncccc21)NCCCN1CCCC1. The molecule has 0 spiro atoms. The van der Waals surface area contributed by atoms with Gasteiger partial charge in [0, 0.05) is 12.7 Å². The number of carbonyl (C=O) groups is 2. The Labute approximate surface area is 140 Å². The second-order valence-electron chi connectivity index (χ2n) is 5.85. The van der Waals surface area contributed by atoms with Gasteiger partial charge >= 0.3 is 0 Å². The van der Waals surface area contributed by atoms with Gasteiger partial charge in [0.2, 0.25) is 11.8 Å². The molecule has 0 aromatic carbocycles. The lowest BCUT2D eigenvalue weighted by Gasteiger charge is -2.27. The molecule has 3 heterocycles. The van der Waals surface area contributed by atoms with Crippen molar-refractivity contribution >= 4 is 29.3 Å². The van der Waals surface area contributed by atoms with Crippen LogP contribution in [-0.4, -0.2) is 60.2 Å². The van der Waals surface area contributed by atoms with Gasteiger partial charge < -0.3 is 10.2 Å². The monoisotopic (exact) mass is 334 g/mol. The highest BCUT2D eigenvalue weighted by Gasteiger charge is 2.27. The summed E-state index contributed by atoms with van der Waals surface area (Å²) in [6, 6.07) is 3.63. The number of amides is 2. The van der Waals surface area contributed by atoms with Crippen molar-refractivity contribution in [3.05, 3.63) is 18.3 Å². The molecule has 124 valence electrons. The third-order valence-corrected chi connectivity index (χ3v) is 5.13. The van der Waals surface area contributed by atoms with Crippen molar-refractivity contribution in [3.63, 3.8) is 0 Å². The quantitative estimate of drug-likeness (QED) is 0.790. The average molecular weight is 334 g/mol. The summed E-state index contributed by atoms with van der Waals surface area (Å²) in [5, 5.41) is 3.73. The maximum absolute atomic E-state index is 12.1. The molecule has 0 atom stereocenters. The summed E-state index contributed by atoms with van der Waals surface area (Å²) >= 11 is 1.42. The number of thioether (sulfide) groups is 1. The lowest BCUT2D eigenvalue weighted by Crippen LogP contribution is -2.43. The third-order valence-electron chi connectivity index (χ3n) is 4.15. The molecule has 0 aliphatic carbocycles. The predicted molar refractivity (Wildman–Crippen MR) is 90.6 cm³/mol. The van der Waals surface area contributed by atoms with Crippen molar-refractivity contribution in [2.24, 2.45) is 0 Å². The molecule has 0 saturated carbocycles. The van der Waals surface area contributed by atoms with E-state index in [1.807, 2.05) is 6.07 Å². The van der Waals surface area contributed by atoms with E-state index in [2.05, 4.69) is 15.2 Å². The molecule has 1 aromatic heterocycles. The Morgan fingerprint density at radius 1 is 1.35 bits per heavy atom. The zero-order valence-corrected chi connectivity index (χ0v) is 14.0. The summed E-state index contributed by atoms with van der Waals surface area (Å²) in [6.07, 6.45) is 5.23. The van der Waals surface area contributed by atoms with Crippen LogP contribution in [0.2, 0.25) is 0 Å². The molecule has 2 amide bonds. The van der Waals surface area contributed by atoms with Crippen LogP contribution in [0.25, 0.3) is 0 Å². The van der Waals surface area contributed by atoms with E-state index in [0.717, 1.165) is 23.7 Å². The molecule has 1 N–H and O–H groups in total. The van der Waals surface area contributed by atoms with E-state index in [4.69, 9.17) is 0 Å². The number of nitrogens with one attached hydrogen (secondary N) is 1. The summed E-state index contributed by atoms with van der Waals surface area (Å²) in [5.41, 5.74) is 0.737. The second-order valence-corrected chi connectivity index (χ2v) is 6.81. The van der Waals surface area contributed by atoms with E-state index < -0.39 is 0 Å². The summed E-state index contributed by atoms with van der Waals surface area (Å²) in [5.74, 6) is 0.191. The van der Waals surface area contributed by atoms with Crippen LogP contribution in [0.5, 0.6) is 0 Å². The Hall–Kier alpha value is -1.60. The van der Waals surface area contributed by atoms with Crippen molar-refractivity contribution in [2.75, 3.05) is 43.4 Å². The maximum atomic E-state index is 12.1. The van der Waals surface area contributed by atoms with Crippen molar-refractivity contribution in [1.29, 1.82) is 0 Å². The Morgan fingerprint density at radius 2 is 2.17 bits per heavy atom. The van der Waals surface area contributed by atoms with Crippen LogP contribution >= 0.6 is 11.8 Å². The van der Waals surface area contributed by atoms with Gasteiger partial charge in [-0.25, -0.2) is 4.98 Å². The third kappa shape index (κ3) is 4.23. The van der Waals surface area contributed by atoms with Crippen LogP contribution in [-0.2, 0) is 9.59 Å². The van der Waals surface area contributed by atoms with E-state index in [0.29, 0.717) is 12.3 Å². The van der Waals surface area contributed by atoms with Crippen molar-refractivity contribution in [2.45, 2.75) is 24.3 Å². The minimum Gasteiger partial charge on any atom is -0.355 e. The van der Waals surface area contributed by atoms with E-state index in [1.54, 1.807) is 12.3 Å². The minimum absolute atomic E-state index is 0.0392. The van der Waals surface area contributed by atoms with Gasteiger partial charge in [-0.3, -0.25) is 14.5 Å². The van der Waals surface area contributed by atoms with Crippen molar-refractivity contribution in [3.8, 4) is 0 Å². The van der Waals surface area contributed by atoms with Crippen molar-refractivity contribution in [1.82, 2.24) is 15.2 Å². The largest absolute Gasteiger partial charge is 0.355 e. The summed E-state index contributed by atoms with van der Waals surface area (Å²) in [6.45, 7) is 4.12. The summed E-state index contributed by atoms with van der Waals surface area (Å²) < 4.78 is 0. The van der Waals surface area contributed by atoms with E-state index >= 15 is 0 Å². The number of nitrogens with zero attached hydrogens (tertiary/aromatic N) is 3. The van der Waals surface area contributed by atoms with Crippen LogP contribution in [0.4, 0.5) is 5.69 Å². The van der Waals surface area contributed by atoms with Crippen LogP contribution in [0, 0.1) is 0 Å². The Balaban J connectivity index is 1.46. The number of fused-ring (bicyclic) bond motifs is 1. The number of rotatable bonds is 6. The molecule has 7 heteroatoms. The lowest BCUT2D eigenvalue weighted by molar-refractivity contribution is -0.123. The van der Waals surface area contributed by atoms with Gasteiger partial charge in [-0.1, -0.05) is 11.8 Å². The first-order valence-corrected chi connectivity index (χ1v) is 9.10. The first kappa shape index (κ1) is 16.3. The molecule has 0 unspecified atom stereocenters. The Morgan fingerprint density at radius 3 is 3.00 bits per heavy atom. The number of anilines is 1. The number of aromatic nitrogens is 1. The Kier molecular flexibility index (Phi) is 5.51. The summed E-state index contributed by atoms with van der Waals surface area (Å²) in [4.78, 5) is 32.4. The molecule has 6 nitrogen and oxygen atoms in total. The van der Waals surface area contributed by atoms with Gasteiger partial charge in [-0.05, 0) is 51.0 Å². The van der Waals surface area contributed by atoms with Crippen LogP contribution in [0.3, 0.4) is 0 Å². The number of pyridine rings is 1. The fourth-order valence-electron chi connectivity index (χ4n) is 2.95. The predicted octanol–water partition coefficient (Wildman–Crippen LogP) is 1.12. The smallest absolute Gasteiger partial charge is 0.240 e. The molecule has 0 bridgehead atoms. The first-order valence-electron chi connectivity index (χ1n) is 8.11. The molecule has 1 saturated heterocycles. The minimum atomic E-state index is -0.110. The highest BCUT2D eigenvalue weighted by molar-refractivity contribution is 8.00. The zero-order chi connectivity index (χ0) is 16.1. The van der Waals surface area contributed by atoms with Gasteiger partial charge in [0.1, 0.15) is 11.6 Å². The van der Waals surface area contributed by atoms with Gasteiger partial charge in [0.05, 0.1) is 11.4 Å². The topological polar surface area (TPSA) is 65.5 Å². The van der Waals surface area contributed by atoms with Crippen LogP contribution in [0.1, 0.15) is 19.3 Å².